The first-order chi connectivity index (χ1) is 5.12. The molecule has 0 aromatic carbocycles. The molecule has 0 aliphatic heterocycles. The largest absolute Gasteiger partial charge is 1.00 e. The second-order valence-corrected chi connectivity index (χ2v) is 5.21. The van der Waals surface area contributed by atoms with Gasteiger partial charge in [-0.15, -0.1) is 0 Å². The molecule has 2 nitrogen and oxygen atoms in total. The first-order valence-electron chi connectivity index (χ1n) is 4.73. The second-order valence-electron chi connectivity index (χ2n) is 5.21. The van der Waals surface area contributed by atoms with Gasteiger partial charge >= 0.3 is 0 Å². The molecule has 0 aromatic rings. The third kappa shape index (κ3) is 37.7. The average Bonchev–Trinajstić information content (AvgIpc) is 1.86. The smallest absolute Gasteiger partial charge is 0.0751 e. The van der Waals surface area contributed by atoms with Crippen molar-refractivity contribution in [3.05, 3.63) is 0 Å². The topological polar surface area (TPSA) is 0 Å². The summed E-state index contributed by atoms with van der Waals surface area (Å²) >= 11 is 0. The molecule has 0 spiro atoms. The van der Waals surface area contributed by atoms with Crippen LogP contribution >= 0.6 is 0 Å². The number of halogens is 2. The number of nitrogens with zero attached hydrogens (tertiary/aromatic N) is 2. The lowest BCUT2D eigenvalue weighted by Gasteiger charge is -2.20. The summed E-state index contributed by atoms with van der Waals surface area (Å²) in [5.41, 5.74) is 0. The van der Waals surface area contributed by atoms with E-state index in [-0.39, 0.29) is 48.0 Å². The fourth-order valence-corrected chi connectivity index (χ4v) is 0. The molecule has 4 heteroatoms. The van der Waals surface area contributed by atoms with E-state index in [0.717, 1.165) is 8.97 Å². The van der Waals surface area contributed by atoms with Gasteiger partial charge in [-0.25, -0.2) is 0 Å². The van der Waals surface area contributed by atoms with Gasteiger partial charge in [0.15, 0.2) is 0 Å². The predicted molar refractivity (Wildman–Crippen MR) is 57.1 cm³/mol. The van der Waals surface area contributed by atoms with Crippen molar-refractivity contribution in [1.29, 1.82) is 0 Å². The predicted octanol–water partition coefficient (Wildman–Crippen LogP) is -4.57. The van der Waals surface area contributed by atoms with Crippen LogP contribution in [0.2, 0.25) is 0 Å². The zero-order chi connectivity index (χ0) is 10.4. The molecule has 0 unspecified atom stereocenters. The lowest BCUT2D eigenvalue weighted by atomic mass is 10.6. The fraction of sp³-hybridized carbons (Fsp3) is 1.00. The summed E-state index contributed by atoms with van der Waals surface area (Å²) in [5, 5.41) is 0. The highest BCUT2D eigenvalue weighted by atomic mass is 127. The van der Waals surface area contributed by atoms with Crippen molar-refractivity contribution in [1.82, 2.24) is 0 Å². The summed E-state index contributed by atoms with van der Waals surface area (Å²) in [5.74, 6) is 0. The highest BCUT2D eigenvalue weighted by Gasteiger charge is 1.98. The van der Waals surface area contributed by atoms with Gasteiger partial charge in [0, 0.05) is 0 Å². The molecule has 0 saturated heterocycles. The van der Waals surface area contributed by atoms with E-state index in [4.69, 9.17) is 0 Å². The Morgan fingerprint density at radius 3 is 0.643 bits per heavy atom. The maximum atomic E-state index is 2.18. The van der Waals surface area contributed by atoms with Crippen molar-refractivity contribution >= 4 is 0 Å². The van der Waals surface area contributed by atoms with Gasteiger partial charge in [0.25, 0.3) is 0 Å². The van der Waals surface area contributed by atoms with Crippen LogP contribution in [0.25, 0.3) is 0 Å². The summed E-state index contributed by atoms with van der Waals surface area (Å²) in [7, 11) is 13.1. The second kappa shape index (κ2) is 10.9. The Balaban J connectivity index is -0.0000000625. The van der Waals surface area contributed by atoms with Crippen LogP contribution in [0.5, 0.6) is 0 Å². The van der Waals surface area contributed by atoms with Gasteiger partial charge < -0.3 is 56.9 Å². The van der Waals surface area contributed by atoms with E-state index in [1.807, 2.05) is 0 Å². The Morgan fingerprint density at radius 1 is 0.571 bits per heavy atom. The molecule has 0 atom stereocenters. The first kappa shape index (κ1) is 24.6. The molecule has 0 rings (SSSR count). The molecule has 0 aliphatic rings. The van der Waals surface area contributed by atoms with E-state index in [9.17, 15) is 0 Å². The van der Waals surface area contributed by atoms with Gasteiger partial charge in [-0.05, 0) is 13.8 Å². The van der Waals surface area contributed by atoms with Crippen LogP contribution in [0.4, 0.5) is 0 Å². The molecule has 0 aromatic heterocycles. The van der Waals surface area contributed by atoms with Crippen molar-refractivity contribution in [2.75, 3.05) is 55.4 Å². The molecule has 92 valence electrons. The molecule has 14 heavy (non-hydrogen) atoms. The minimum Gasteiger partial charge on any atom is -1.00 e. The van der Waals surface area contributed by atoms with Gasteiger partial charge in [-0.2, -0.15) is 0 Å². The SMILES string of the molecule is CC[N+](C)(C)C.CC[N+](C)(C)C.[I-].[I-]. The Labute approximate surface area is 125 Å². The molecule has 0 radical (unpaired) electrons. The Bertz CT molecular complexity index is 89.7. The van der Waals surface area contributed by atoms with E-state index < -0.39 is 0 Å². The monoisotopic (exact) mass is 430 g/mol. The van der Waals surface area contributed by atoms with Crippen LogP contribution in [0.1, 0.15) is 13.8 Å². The van der Waals surface area contributed by atoms with Crippen molar-refractivity contribution in [2.45, 2.75) is 13.8 Å². The van der Waals surface area contributed by atoms with Gasteiger partial charge in [-0.3, -0.25) is 0 Å². The molecule has 0 N–H and O–H groups in total. The molecule has 0 amide bonds. The zero-order valence-electron chi connectivity index (χ0n) is 11.1. The van der Waals surface area contributed by atoms with E-state index in [0.29, 0.717) is 0 Å². The van der Waals surface area contributed by atoms with Crippen LogP contribution < -0.4 is 48.0 Å². The van der Waals surface area contributed by atoms with E-state index in [2.05, 4.69) is 56.1 Å². The standard InChI is InChI=1S/2C5H14N.2HI/c2*1-5-6(2,3)4;;/h2*5H2,1-4H3;2*1H/q2*+1;;/p-2. The molecule has 0 heterocycles. The van der Waals surface area contributed by atoms with Crippen LogP contribution in [-0.4, -0.2) is 64.3 Å². The normalized spacial score (nSPS) is 10.3. The fourth-order valence-electron chi connectivity index (χ4n) is 0. The first-order valence-corrected chi connectivity index (χ1v) is 4.73. The van der Waals surface area contributed by atoms with Gasteiger partial charge in [0.1, 0.15) is 0 Å². The lowest BCUT2D eigenvalue weighted by Crippen LogP contribution is -3.00. The molecule has 0 bridgehead atoms. The van der Waals surface area contributed by atoms with Gasteiger partial charge in [0.05, 0.1) is 55.4 Å². The Hall–Kier alpha value is 1.38. The lowest BCUT2D eigenvalue weighted by molar-refractivity contribution is -0.868. The minimum atomic E-state index is 0. The molecule has 0 saturated carbocycles. The molecule has 0 aliphatic carbocycles. The van der Waals surface area contributed by atoms with Crippen molar-refractivity contribution in [3.8, 4) is 0 Å². The third-order valence-corrected chi connectivity index (χ3v) is 1.90. The summed E-state index contributed by atoms with van der Waals surface area (Å²) in [6, 6.07) is 0. The maximum absolute atomic E-state index is 2.18. The number of hydrogen-bond acceptors (Lipinski definition) is 0. The summed E-state index contributed by atoms with van der Waals surface area (Å²) in [6.45, 7) is 6.78. The summed E-state index contributed by atoms with van der Waals surface area (Å²) in [6.07, 6.45) is 0. The Morgan fingerprint density at radius 2 is 0.643 bits per heavy atom. The van der Waals surface area contributed by atoms with Crippen LogP contribution in [0, 0.1) is 0 Å². The van der Waals surface area contributed by atoms with Crippen molar-refractivity contribution in [3.63, 3.8) is 0 Å². The van der Waals surface area contributed by atoms with Crippen LogP contribution in [0.15, 0.2) is 0 Å². The van der Waals surface area contributed by atoms with Crippen LogP contribution in [-0.2, 0) is 0 Å². The van der Waals surface area contributed by atoms with E-state index >= 15 is 0 Å². The highest BCUT2D eigenvalue weighted by Crippen LogP contribution is 1.84. The zero-order valence-corrected chi connectivity index (χ0v) is 15.4. The van der Waals surface area contributed by atoms with Crippen molar-refractivity contribution in [2.24, 2.45) is 0 Å². The highest BCUT2D eigenvalue weighted by molar-refractivity contribution is 4.07. The number of rotatable bonds is 2. The number of quaternary nitrogens is 2. The van der Waals surface area contributed by atoms with E-state index in [1.165, 1.54) is 13.1 Å². The summed E-state index contributed by atoms with van der Waals surface area (Å²) in [4.78, 5) is 0. The molecular weight excluding hydrogens is 402 g/mol. The maximum Gasteiger partial charge on any atom is 0.0751 e. The van der Waals surface area contributed by atoms with Crippen LogP contribution in [0.3, 0.4) is 0 Å². The molecule has 0 fully saturated rings. The van der Waals surface area contributed by atoms with Gasteiger partial charge in [-0.1, -0.05) is 0 Å². The van der Waals surface area contributed by atoms with Crippen molar-refractivity contribution < 1.29 is 56.9 Å². The minimum absolute atomic E-state index is 0. The van der Waals surface area contributed by atoms with E-state index in [1.54, 1.807) is 0 Å². The quantitative estimate of drug-likeness (QED) is 0.306. The average molecular weight is 430 g/mol. The number of hydrogen-bond donors (Lipinski definition) is 0. The molecular formula is C10H28I2N2. The van der Waals surface area contributed by atoms with Gasteiger partial charge in [0.2, 0.25) is 0 Å². The summed E-state index contributed by atoms with van der Waals surface area (Å²) < 4.78 is 2.14. The third-order valence-electron chi connectivity index (χ3n) is 1.90. The Kier molecular flexibility index (Phi) is 19.1.